The first-order valence-corrected chi connectivity index (χ1v) is 5.15. The topological polar surface area (TPSA) is 68.2 Å². The summed E-state index contributed by atoms with van der Waals surface area (Å²) in [6, 6.07) is 1.76. The van der Waals surface area contributed by atoms with Gasteiger partial charge in [0.25, 0.3) is 0 Å². The Morgan fingerprint density at radius 3 is 3.27 bits per heavy atom. The fourth-order valence-corrected chi connectivity index (χ4v) is 2.14. The van der Waals surface area contributed by atoms with E-state index in [0.29, 0.717) is 11.7 Å². The summed E-state index contributed by atoms with van der Waals surface area (Å²) in [6.07, 6.45) is 4.77. The zero-order valence-electron chi connectivity index (χ0n) is 8.35. The number of rotatable bonds is 1. The number of nitrogens with one attached hydrogen (secondary N) is 1. The Hall–Kier alpha value is -1.62. The van der Waals surface area contributed by atoms with Crippen molar-refractivity contribution in [3.8, 4) is 0 Å². The second-order valence-corrected chi connectivity index (χ2v) is 3.89. The second-order valence-electron chi connectivity index (χ2n) is 3.89. The average Bonchev–Trinajstić information content (AvgIpc) is 2.85. The highest BCUT2D eigenvalue weighted by Crippen LogP contribution is 2.25. The molecule has 1 aliphatic rings. The van der Waals surface area contributed by atoms with E-state index in [1.807, 2.05) is 6.20 Å². The quantitative estimate of drug-likeness (QED) is 0.703. The highest BCUT2D eigenvalue weighted by atomic mass is 15.3. The van der Waals surface area contributed by atoms with E-state index < -0.39 is 0 Å². The van der Waals surface area contributed by atoms with E-state index in [4.69, 9.17) is 5.73 Å². The van der Waals surface area contributed by atoms with Crippen molar-refractivity contribution in [1.82, 2.24) is 19.9 Å². The number of nitrogens with zero attached hydrogens (tertiary/aromatic N) is 3. The van der Waals surface area contributed by atoms with Gasteiger partial charge < -0.3 is 11.1 Å². The highest BCUT2D eigenvalue weighted by molar-refractivity contribution is 5.53. The number of hydrogen-bond donors (Lipinski definition) is 2. The van der Waals surface area contributed by atoms with Gasteiger partial charge in [0.05, 0.1) is 6.20 Å². The fourth-order valence-electron chi connectivity index (χ4n) is 2.14. The average molecular weight is 203 g/mol. The Bertz CT molecular complexity index is 484. The molecule has 1 fully saturated rings. The van der Waals surface area contributed by atoms with Crippen LogP contribution in [0.4, 0.5) is 5.82 Å². The third kappa shape index (κ3) is 1.27. The van der Waals surface area contributed by atoms with E-state index in [1.165, 1.54) is 5.56 Å². The van der Waals surface area contributed by atoms with E-state index in [2.05, 4.69) is 15.4 Å². The number of nitrogens with two attached hydrogens (primary N) is 1. The number of anilines is 1. The molecule has 1 unspecified atom stereocenters. The number of aromatic nitrogens is 3. The molecule has 1 saturated heterocycles. The molecule has 2 aromatic heterocycles. The van der Waals surface area contributed by atoms with Gasteiger partial charge in [-0.25, -0.2) is 4.98 Å². The minimum absolute atomic E-state index is 0.525. The SMILES string of the molecule is Nc1ccnc2c(C3CCNC3)cnn12. The van der Waals surface area contributed by atoms with Crippen LogP contribution in [0.1, 0.15) is 17.9 Å². The third-order valence-corrected chi connectivity index (χ3v) is 2.96. The van der Waals surface area contributed by atoms with Crippen LogP contribution in [0.15, 0.2) is 18.5 Å². The van der Waals surface area contributed by atoms with Crippen LogP contribution in [0.2, 0.25) is 0 Å². The molecular weight excluding hydrogens is 190 g/mol. The first-order valence-electron chi connectivity index (χ1n) is 5.15. The largest absolute Gasteiger partial charge is 0.384 e. The van der Waals surface area contributed by atoms with Crippen LogP contribution in [-0.2, 0) is 0 Å². The summed E-state index contributed by atoms with van der Waals surface area (Å²) in [5.74, 6) is 1.16. The predicted octanol–water partition coefficient (Wildman–Crippen LogP) is 0.388. The van der Waals surface area contributed by atoms with E-state index in [1.54, 1.807) is 16.8 Å². The van der Waals surface area contributed by atoms with Gasteiger partial charge in [0.1, 0.15) is 5.82 Å². The van der Waals surface area contributed by atoms with Crippen LogP contribution in [0.3, 0.4) is 0 Å². The van der Waals surface area contributed by atoms with Gasteiger partial charge in [0.15, 0.2) is 5.65 Å². The van der Waals surface area contributed by atoms with Crippen molar-refractivity contribution in [3.63, 3.8) is 0 Å². The summed E-state index contributed by atoms with van der Waals surface area (Å²) in [6.45, 7) is 2.09. The zero-order valence-corrected chi connectivity index (χ0v) is 8.35. The predicted molar refractivity (Wildman–Crippen MR) is 57.6 cm³/mol. The molecule has 0 amide bonds. The maximum absolute atomic E-state index is 5.81. The molecule has 3 N–H and O–H groups in total. The van der Waals surface area contributed by atoms with Gasteiger partial charge in [-0.2, -0.15) is 9.61 Å². The monoisotopic (exact) mass is 203 g/mol. The molecule has 0 aromatic carbocycles. The lowest BCUT2D eigenvalue weighted by Crippen LogP contribution is -2.08. The lowest BCUT2D eigenvalue weighted by molar-refractivity contribution is 0.767. The van der Waals surface area contributed by atoms with Gasteiger partial charge in [0.2, 0.25) is 0 Å². The smallest absolute Gasteiger partial charge is 0.160 e. The lowest BCUT2D eigenvalue weighted by atomic mass is 10.0. The summed E-state index contributed by atoms with van der Waals surface area (Å²) in [5, 5.41) is 7.61. The normalized spacial score (nSPS) is 21.2. The molecule has 5 nitrogen and oxygen atoms in total. The number of fused-ring (bicyclic) bond motifs is 1. The van der Waals surface area contributed by atoms with Crippen molar-refractivity contribution >= 4 is 11.5 Å². The second kappa shape index (κ2) is 3.20. The molecule has 0 bridgehead atoms. The van der Waals surface area contributed by atoms with Gasteiger partial charge in [0, 0.05) is 24.2 Å². The molecule has 78 valence electrons. The van der Waals surface area contributed by atoms with Crippen molar-refractivity contribution in [2.45, 2.75) is 12.3 Å². The zero-order chi connectivity index (χ0) is 10.3. The Morgan fingerprint density at radius 2 is 2.47 bits per heavy atom. The van der Waals surface area contributed by atoms with Crippen LogP contribution in [-0.4, -0.2) is 27.7 Å². The molecule has 0 radical (unpaired) electrons. The summed E-state index contributed by atoms with van der Waals surface area (Å²) in [5.41, 5.74) is 7.91. The van der Waals surface area contributed by atoms with Crippen molar-refractivity contribution in [3.05, 3.63) is 24.0 Å². The van der Waals surface area contributed by atoms with Gasteiger partial charge in [-0.05, 0) is 19.0 Å². The molecule has 0 aliphatic carbocycles. The molecule has 15 heavy (non-hydrogen) atoms. The van der Waals surface area contributed by atoms with Crippen LogP contribution < -0.4 is 11.1 Å². The summed E-state index contributed by atoms with van der Waals surface area (Å²) in [7, 11) is 0. The van der Waals surface area contributed by atoms with Gasteiger partial charge in [-0.15, -0.1) is 0 Å². The molecule has 0 spiro atoms. The van der Waals surface area contributed by atoms with E-state index in [9.17, 15) is 0 Å². The van der Waals surface area contributed by atoms with E-state index in [-0.39, 0.29) is 0 Å². The van der Waals surface area contributed by atoms with E-state index >= 15 is 0 Å². The lowest BCUT2D eigenvalue weighted by Gasteiger charge is -2.05. The third-order valence-electron chi connectivity index (χ3n) is 2.96. The Morgan fingerprint density at radius 1 is 1.53 bits per heavy atom. The van der Waals surface area contributed by atoms with Crippen molar-refractivity contribution in [1.29, 1.82) is 0 Å². The molecule has 0 saturated carbocycles. The number of nitrogen functional groups attached to an aromatic ring is 1. The minimum atomic E-state index is 0.525. The summed E-state index contributed by atoms with van der Waals surface area (Å²) < 4.78 is 1.70. The maximum atomic E-state index is 5.81. The maximum Gasteiger partial charge on any atom is 0.160 e. The molecule has 3 rings (SSSR count). The summed E-state index contributed by atoms with van der Waals surface area (Å²) >= 11 is 0. The molecule has 3 heterocycles. The van der Waals surface area contributed by atoms with Crippen LogP contribution in [0.5, 0.6) is 0 Å². The molecule has 2 aromatic rings. The standard InChI is InChI=1S/C10H13N5/c11-9-2-4-13-10-8(6-14-15(9)10)7-1-3-12-5-7/h2,4,6-7,12H,1,3,5,11H2. The van der Waals surface area contributed by atoms with Gasteiger partial charge >= 0.3 is 0 Å². The molecule has 5 heteroatoms. The Kier molecular flexibility index (Phi) is 1.85. The van der Waals surface area contributed by atoms with Crippen LogP contribution >= 0.6 is 0 Å². The first kappa shape index (κ1) is 8.67. The molecular formula is C10H13N5. The van der Waals surface area contributed by atoms with Crippen molar-refractivity contribution in [2.75, 3.05) is 18.8 Å². The molecule has 1 aliphatic heterocycles. The Balaban J connectivity index is 2.15. The van der Waals surface area contributed by atoms with Crippen molar-refractivity contribution in [2.24, 2.45) is 0 Å². The van der Waals surface area contributed by atoms with E-state index in [0.717, 1.165) is 25.2 Å². The van der Waals surface area contributed by atoms with Crippen molar-refractivity contribution < 1.29 is 0 Å². The summed E-state index contributed by atoms with van der Waals surface area (Å²) in [4.78, 5) is 4.34. The first-order chi connectivity index (χ1) is 7.36. The van der Waals surface area contributed by atoms with Crippen LogP contribution in [0.25, 0.3) is 5.65 Å². The minimum Gasteiger partial charge on any atom is -0.384 e. The molecule has 1 atom stereocenters. The van der Waals surface area contributed by atoms with Gasteiger partial charge in [-0.3, -0.25) is 0 Å². The Labute approximate surface area is 87.3 Å². The van der Waals surface area contributed by atoms with Crippen LogP contribution in [0, 0.1) is 0 Å². The highest BCUT2D eigenvalue weighted by Gasteiger charge is 2.21. The number of hydrogen-bond acceptors (Lipinski definition) is 4. The van der Waals surface area contributed by atoms with Gasteiger partial charge in [-0.1, -0.05) is 0 Å². The fraction of sp³-hybridized carbons (Fsp3) is 0.400.